The first-order valence-corrected chi connectivity index (χ1v) is 5.01. The summed E-state index contributed by atoms with van der Waals surface area (Å²) in [7, 11) is 0. The molecule has 2 rings (SSSR count). The van der Waals surface area contributed by atoms with Gasteiger partial charge in [0.25, 0.3) is 0 Å². The summed E-state index contributed by atoms with van der Waals surface area (Å²) >= 11 is 0. The van der Waals surface area contributed by atoms with Crippen LogP contribution in [0.3, 0.4) is 0 Å². The van der Waals surface area contributed by atoms with Crippen molar-refractivity contribution in [2.45, 2.75) is 19.9 Å². The highest BCUT2D eigenvalue weighted by molar-refractivity contribution is 5.85. The lowest BCUT2D eigenvalue weighted by molar-refractivity contribution is -0.137. The molecule has 0 aliphatic carbocycles. The number of aliphatic carboxylic acids is 1. The number of nitrogens with zero attached hydrogens (tertiary/aromatic N) is 1. The second-order valence-corrected chi connectivity index (χ2v) is 3.55. The molecule has 1 heterocycles. The minimum absolute atomic E-state index is 0.0283. The molecule has 3 nitrogen and oxygen atoms in total. The van der Waals surface area contributed by atoms with Crippen LogP contribution in [0, 0.1) is 0 Å². The molecule has 0 saturated carbocycles. The van der Waals surface area contributed by atoms with Gasteiger partial charge in [-0.05, 0) is 18.1 Å². The third-order valence-corrected chi connectivity index (χ3v) is 2.56. The lowest BCUT2D eigenvalue weighted by Crippen LogP contribution is -2.07. The van der Waals surface area contributed by atoms with Gasteiger partial charge in [0, 0.05) is 17.1 Å². The first kappa shape index (κ1) is 9.77. The molecule has 3 heteroatoms. The van der Waals surface area contributed by atoms with E-state index in [0.717, 1.165) is 17.3 Å². The predicted molar refractivity (Wildman–Crippen MR) is 59.0 cm³/mol. The summed E-state index contributed by atoms with van der Waals surface area (Å²) in [5.74, 6) is -0.807. The van der Waals surface area contributed by atoms with Crippen LogP contribution in [0.5, 0.6) is 0 Å². The maximum absolute atomic E-state index is 10.7. The van der Waals surface area contributed by atoms with Crippen LogP contribution in [-0.2, 0) is 17.8 Å². The third kappa shape index (κ3) is 1.73. The Bertz CT molecular complexity index is 499. The van der Waals surface area contributed by atoms with Crippen molar-refractivity contribution in [3.8, 4) is 0 Å². The van der Waals surface area contributed by atoms with Gasteiger partial charge in [-0.15, -0.1) is 0 Å². The number of aromatic nitrogens is 1. The number of fused-ring (bicyclic) bond motifs is 1. The molecule has 0 spiro atoms. The monoisotopic (exact) mass is 203 g/mol. The van der Waals surface area contributed by atoms with Gasteiger partial charge in [-0.3, -0.25) is 4.79 Å². The van der Waals surface area contributed by atoms with Gasteiger partial charge in [-0.1, -0.05) is 25.1 Å². The van der Waals surface area contributed by atoms with Crippen molar-refractivity contribution in [1.29, 1.82) is 0 Å². The topological polar surface area (TPSA) is 42.2 Å². The van der Waals surface area contributed by atoms with Crippen molar-refractivity contribution < 1.29 is 9.90 Å². The SMILES string of the molecule is CCc1cn(CC(=O)O)c2ccccc12. The Kier molecular flexibility index (Phi) is 2.46. The van der Waals surface area contributed by atoms with E-state index >= 15 is 0 Å². The summed E-state index contributed by atoms with van der Waals surface area (Å²) in [6, 6.07) is 7.90. The molecule has 15 heavy (non-hydrogen) atoms. The van der Waals surface area contributed by atoms with E-state index in [1.807, 2.05) is 30.5 Å². The minimum atomic E-state index is -0.807. The zero-order chi connectivity index (χ0) is 10.8. The van der Waals surface area contributed by atoms with E-state index in [0.29, 0.717) is 0 Å². The zero-order valence-electron chi connectivity index (χ0n) is 8.60. The minimum Gasteiger partial charge on any atom is -0.480 e. The van der Waals surface area contributed by atoms with Crippen molar-refractivity contribution in [3.63, 3.8) is 0 Å². The van der Waals surface area contributed by atoms with Crippen molar-refractivity contribution in [2.24, 2.45) is 0 Å². The first-order chi connectivity index (χ1) is 7.22. The molecule has 0 aliphatic heterocycles. The average molecular weight is 203 g/mol. The maximum Gasteiger partial charge on any atom is 0.323 e. The Morgan fingerprint density at radius 2 is 2.13 bits per heavy atom. The Hall–Kier alpha value is -1.77. The molecule has 1 N–H and O–H groups in total. The number of rotatable bonds is 3. The molecule has 1 aromatic carbocycles. The lowest BCUT2D eigenvalue weighted by Gasteiger charge is -1.99. The van der Waals surface area contributed by atoms with Gasteiger partial charge in [0.15, 0.2) is 0 Å². The number of carboxylic acid groups (broad SMARTS) is 1. The highest BCUT2D eigenvalue weighted by Gasteiger charge is 2.08. The first-order valence-electron chi connectivity index (χ1n) is 5.01. The molecule has 0 saturated heterocycles. The molecule has 78 valence electrons. The molecule has 0 unspecified atom stereocenters. The smallest absolute Gasteiger partial charge is 0.323 e. The molecular weight excluding hydrogens is 190 g/mol. The predicted octanol–water partition coefficient (Wildman–Crippen LogP) is 2.29. The van der Waals surface area contributed by atoms with E-state index < -0.39 is 5.97 Å². The van der Waals surface area contributed by atoms with Gasteiger partial charge in [-0.2, -0.15) is 0 Å². The Morgan fingerprint density at radius 1 is 1.40 bits per heavy atom. The molecule has 2 aromatic rings. The highest BCUT2D eigenvalue weighted by Crippen LogP contribution is 2.21. The number of carbonyl (C=O) groups is 1. The Morgan fingerprint density at radius 3 is 2.80 bits per heavy atom. The van der Waals surface area contributed by atoms with E-state index in [2.05, 4.69) is 6.92 Å². The van der Waals surface area contributed by atoms with Gasteiger partial charge >= 0.3 is 5.97 Å². The summed E-state index contributed by atoms with van der Waals surface area (Å²) in [5.41, 5.74) is 2.20. The van der Waals surface area contributed by atoms with Crippen LogP contribution < -0.4 is 0 Å². The van der Waals surface area contributed by atoms with Crippen LogP contribution in [0.25, 0.3) is 10.9 Å². The fourth-order valence-electron chi connectivity index (χ4n) is 1.88. The van der Waals surface area contributed by atoms with Crippen LogP contribution in [0.1, 0.15) is 12.5 Å². The fraction of sp³-hybridized carbons (Fsp3) is 0.250. The summed E-state index contributed by atoms with van der Waals surface area (Å²) in [4.78, 5) is 10.7. The van der Waals surface area contributed by atoms with Crippen molar-refractivity contribution in [2.75, 3.05) is 0 Å². The van der Waals surface area contributed by atoms with Crippen LogP contribution >= 0.6 is 0 Å². The molecule has 0 fully saturated rings. The summed E-state index contributed by atoms with van der Waals surface area (Å²) in [5, 5.41) is 9.94. The average Bonchev–Trinajstić information content (AvgIpc) is 2.56. The van der Waals surface area contributed by atoms with Crippen LogP contribution in [0.2, 0.25) is 0 Å². The maximum atomic E-state index is 10.7. The lowest BCUT2D eigenvalue weighted by atomic mass is 10.1. The molecule has 0 aliphatic rings. The van der Waals surface area contributed by atoms with Gasteiger partial charge in [0.2, 0.25) is 0 Å². The number of para-hydroxylation sites is 1. The quantitative estimate of drug-likeness (QED) is 0.831. The van der Waals surface area contributed by atoms with E-state index in [4.69, 9.17) is 5.11 Å². The van der Waals surface area contributed by atoms with Crippen molar-refractivity contribution >= 4 is 16.9 Å². The van der Waals surface area contributed by atoms with E-state index in [1.165, 1.54) is 5.56 Å². The van der Waals surface area contributed by atoms with Gasteiger partial charge < -0.3 is 9.67 Å². The molecule has 1 aromatic heterocycles. The zero-order valence-corrected chi connectivity index (χ0v) is 8.60. The number of aryl methyl sites for hydroxylation is 1. The molecule has 0 atom stereocenters. The van der Waals surface area contributed by atoms with E-state index in [1.54, 1.807) is 4.57 Å². The van der Waals surface area contributed by atoms with Crippen molar-refractivity contribution in [1.82, 2.24) is 4.57 Å². The Balaban J connectivity index is 2.59. The molecular formula is C12H13NO2. The summed E-state index contributed by atoms with van der Waals surface area (Å²) < 4.78 is 1.79. The van der Waals surface area contributed by atoms with E-state index in [9.17, 15) is 4.79 Å². The van der Waals surface area contributed by atoms with Crippen LogP contribution in [-0.4, -0.2) is 15.6 Å². The largest absolute Gasteiger partial charge is 0.480 e. The van der Waals surface area contributed by atoms with Crippen LogP contribution in [0.4, 0.5) is 0 Å². The summed E-state index contributed by atoms with van der Waals surface area (Å²) in [6.45, 7) is 2.10. The molecule has 0 radical (unpaired) electrons. The number of benzene rings is 1. The number of hydrogen-bond donors (Lipinski definition) is 1. The second-order valence-electron chi connectivity index (χ2n) is 3.55. The van der Waals surface area contributed by atoms with Gasteiger partial charge in [-0.25, -0.2) is 0 Å². The van der Waals surface area contributed by atoms with E-state index in [-0.39, 0.29) is 6.54 Å². The number of hydrogen-bond acceptors (Lipinski definition) is 1. The third-order valence-electron chi connectivity index (χ3n) is 2.56. The Labute approximate surface area is 87.9 Å². The standard InChI is InChI=1S/C12H13NO2/c1-2-9-7-13(8-12(14)15)11-6-4-3-5-10(9)11/h3-7H,2,8H2,1H3,(H,14,15). The van der Waals surface area contributed by atoms with Gasteiger partial charge in [0.1, 0.15) is 6.54 Å². The second kappa shape index (κ2) is 3.77. The highest BCUT2D eigenvalue weighted by atomic mass is 16.4. The van der Waals surface area contributed by atoms with Crippen molar-refractivity contribution in [3.05, 3.63) is 36.0 Å². The van der Waals surface area contributed by atoms with Crippen LogP contribution in [0.15, 0.2) is 30.5 Å². The number of carboxylic acids is 1. The molecule has 0 bridgehead atoms. The normalized spacial score (nSPS) is 10.7. The summed E-state index contributed by atoms with van der Waals surface area (Å²) in [6.07, 6.45) is 2.85. The molecule has 0 amide bonds. The fourth-order valence-corrected chi connectivity index (χ4v) is 1.88. The van der Waals surface area contributed by atoms with Gasteiger partial charge in [0.05, 0.1) is 0 Å².